The number of fused-ring (bicyclic) bond motifs is 1. The molecule has 0 fully saturated rings. The number of pyridine rings is 2. The van der Waals surface area contributed by atoms with E-state index >= 15 is 0 Å². The predicted molar refractivity (Wildman–Crippen MR) is 112 cm³/mol. The summed E-state index contributed by atoms with van der Waals surface area (Å²) in [5, 5.41) is 12.9. The third-order valence-electron chi connectivity index (χ3n) is 4.94. The highest BCUT2D eigenvalue weighted by atomic mass is 32.2. The Morgan fingerprint density at radius 1 is 1.25 bits per heavy atom. The fourth-order valence-electron chi connectivity index (χ4n) is 3.41. The first kappa shape index (κ1) is 20.3. The second-order valence-electron chi connectivity index (χ2n) is 7.14. The van der Waals surface area contributed by atoms with E-state index in [4.69, 9.17) is 4.98 Å². The molecule has 5 nitrogen and oxygen atoms in total. The van der Waals surface area contributed by atoms with Gasteiger partial charge in [-0.25, -0.2) is 9.97 Å². The highest BCUT2D eigenvalue weighted by Gasteiger charge is 2.22. The van der Waals surface area contributed by atoms with Crippen LogP contribution < -0.4 is 5.32 Å². The van der Waals surface area contributed by atoms with Gasteiger partial charge in [0, 0.05) is 11.4 Å². The summed E-state index contributed by atoms with van der Waals surface area (Å²) in [5.74, 6) is 0.443. The molecule has 0 aliphatic heterocycles. The lowest BCUT2D eigenvalue weighted by Crippen LogP contribution is -2.25. The predicted octanol–water partition coefficient (Wildman–Crippen LogP) is 4.83. The van der Waals surface area contributed by atoms with Crippen molar-refractivity contribution in [2.45, 2.75) is 69.1 Å². The maximum Gasteiger partial charge on any atom is 0.239 e. The highest BCUT2D eigenvalue weighted by molar-refractivity contribution is 8.00. The first-order valence-corrected chi connectivity index (χ1v) is 10.8. The first-order chi connectivity index (χ1) is 13.6. The molecule has 28 heavy (non-hydrogen) atoms. The van der Waals surface area contributed by atoms with Crippen LogP contribution in [0.2, 0.25) is 0 Å². The summed E-state index contributed by atoms with van der Waals surface area (Å²) in [5.41, 5.74) is 3.72. The number of nitriles is 1. The highest BCUT2D eigenvalue weighted by Crippen LogP contribution is 2.31. The Kier molecular flexibility index (Phi) is 7.05. The Bertz CT molecular complexity index is 891. The monoisotopic (exact) mass is 394 g/mol. The fourth-order valence-corrected chi connectivity index (χ4v) is 4.41. The average molecular weight is 395 g/mol. The minimum absolute atomic E-state index is 0.108. The molecule has 1 unspecified atom stereocenters. The van der Waals surface area contributed by atoms with Crippen LogP contribution in [0.15, 0.2) is 29.3 Å². The molecule has 6 heteroatoms. The van der Waals surface area contributed by atoms with Crippen molar-refractivity contribution in [3.8, 4) is 6.07 Å². The van der Waals surface area contributed by atoms with Gasteiger partial charge in [0.05, 0.1) is 10.8 Å². The van der Waals surface area contributed by atoms with Gasteiger partial charge in [0.15, 0.2) is 0 Å². The molecule has 1 N–H and O–H groups in total. The van der Waals surface area contributed by atoms with Gasteiger partial charge in [-0.1, -0.05) is 37.6 Å². The van der Waals surface area contributed by atoms with Gasteiger partial charge in [-0.05, 0) is 62.8 Å². The van der Waals surface area contributed by atoms with Crippen LogP contribution in [0.3, 0.4) is 0 Å². The molecular weight excluding hydrogens is 368 g/mol. The van der Waals surface area contributed by atoms with Gasteiger partial charge in [-0.2, -0.15) is 5.26 Å². The SMILES string of the molecule is CCC(Sc1nc2c(cc1C#N)CCCCCC2)C(=O)Nc1cccc(C)n1. The van der Waals surface area contributed by atoms with Crippen LogP contribution in [0.25, 0.3) is 0 Å². The first-order valence-electron chi connectivity index (χ1n) is 9.94. The summed E-state index contributed by atoms with van der Waals surface area (Å²) < 4.78 is 0. The van der Waals surface area contributed by atoms with E-state index in [9.17, 15) is 10.1 Å². The zero-order valence-electron chi connectivity index (χ0n) is 16.5. The van der Waals surface area contributed by atoms with Gasteiger partial charge in [-0.15, -0.1) is 0 Å². The number of carbonyl (C=O) groups excluding carboxylic acids is 1. The van der Waals surface area contributed by atoms with E-state index in [0.29, 0.717) is 22.8 Å². The maximum atomic E-state index is 12.8. The zero-order chi connectivity index (χ0) is 19.9. The molecule has 0 spiro atoms. The van der Waals surface area contributed by atoms with E-state index in [-0.39, 0.29) is 11.2 Å². The normalized spacial score (nSPS) is 14.9. The number of hydrogen-bond acceptors (Lipinski definition) is 5. The summed E-state index contributed by atoms with van der Waals surface area (Å²) in [7, 11) is 0. The largest absolute Gasteiger partial charge is 0.310 e. The van der Waals surface area contributed by atoms with Crippen LogP contribution in [0, 0.1) is 18.3 Å². The van der Waals surface area contributed by atoms with Gasteiger partial charge >= 0.3 is 0 Å². The number of carbonyl (C=O) groups is 1. The number of anilines is 1. The molecule has 146 valence electrons. The van der Waals surface area contributed by atoms with Crippen LogP contribution in [-0.4, -0.2) is 21.1 Å². The minimum atomic E-state index is -0.325. The van der Waals surface area contributed by atoms with Crippen LogP contribution in [-0.2, 0) is 17.6 Å². The number of aromatic nitrogens is 2. The van der Waals surface area contributed by atoms with E-state index in [1.807, 2.05) is 32.0 Å². The van der Waals surface area contributed by atoms with Crippen molar-refractivity contribution in [2.24, 2.45) is 0 Å². The van der Waals surface area contributed by atoms with Crippen molar-refractivity contribution >= 4 is 23.5 Å². The number of amides is 1. The van der Waals surface area contributed by atoms with Crippen molar-refractivity contribution in [1.82, 2.24) is 9.97 Å². The minimum Gasteiger partial charge on any atom is -0.310 e. The van der Waals surface area contributed by atoms with Crippen LogP contribution in [0.1, 0.15) is 61.5 Å². The van der Waals surface area contributed by atoms with Gasteiger partial charge in [0.1, 0.15) is 16.9 Å². The third kappa shape index (κ3) is 5.11. The number of aryl methyl sites for hydroxylation is 3. The Hall–Kier alpha value is -2.39. The quantitative estimate of drug-likeness (QED) is 0.735. The third-order valence-corrected chi connectivity index (χ3v) is 6.31. The van der Waals surface area contributed by atoms with Gasteiger partial charge in [0.2, 0.25) is 5.91 Å². The topological polar surface area (TPSA) is 78.7 Å². The molecule has 0 saturated heterocycles. The molecule has 0 saturated carbocycles. The average Bonchev–Trinajstić information content (AvgIpc) is 2.66. The second-order valence-corrected chi connectivity index (χ2v) is 8.33. The fraction of sp³-hybridized carbons (Fsp3) is 0.455. The van der Waals surface area contributed by atoms with Crippen molar-refractivity contribution in [2.75, 3.05) is 5.32 Å². The Labute approximate surface area is 171 Å². The van der Waals surface area contributed by atoms with Crippen molar-refractivity contribution in [3.63, 3.8) is 0 Å². The van der Waals surface area contributed by atoms with Crippen LogP contribution in [0.5, 0.6) is 0 Å². The molecule has 0 bridgehead atoms. The number of hydrogen-bond donors (Lipinski definition) is 1. The zero-order valence-corrected chi connectivity index (χ0v) is 17.3. The van der Waals surface area contributed by atoms with E-state index in [0.717, 1.165) is 37.1 Å². The van der Waals surface area contributed by atoms with E-state index < -0.39 is 0 Å². The van der Waals surface area contributed by atoms with Crippen molar-refractivity contribution < 1.29 is 4.79 Å². The van der Waals surface area contributed by atoms with Crippen molar-refractivity contribution in [1.29, 1.82) is 5.26 Å². The number of nitrogens with one attached hydrogen (secondary N) is 1. The Morgan fingerprint density at radius 2 is 2.04 bits per heavy atom. The molecule has 3 rings (SSSR count). The molecule has 1 aliphatic carbocycles. The van der Waals surface area contributed by atoms with Gasteiger partial charge in [0.25, 0.3) is 0 Å². The molecule has 1 amide bonds. The summed E-state index contributed by atoms with van der Waals surface area (Å²) in [6.07, 6.45) is 7.33. The van der Waals surface area contributed by atoms with Gasteiger partial charge < -0.3 is 5.32 Å². The lowest BCUT2D eigenvalue weighted by molar-refractivity contribution is -0.115. The smallest absolute Gasteiger partial charge is 0.239 e. The summed E-state index contributed by atoms with van der Waals surface area (Å²) >= 11 is 1.38. The van der Waals surface area contributed by atoms with Gasteiger partial charge in [-0.3, -0.25) is 4.79 Å². The molecular formula is C22H26N4OS. The summed E-state index contributed by atoms with van der Waals surface area (Å²) in [4.78, 5) is 21.9. The molecule has 1 atom stereocenters. The van der Waals surface area contributed by atoms with E-state index in [1.54, 1.807) is 6.07 Å². The number of thioether (sulfide) groups is 1. The number of rotatable bonds is 5. The Morgan fingerprint density at radius 3 is 2.75 bits per heavy atom. The molecule has 2 heterocycles. The molecule has 1 aliphatic rings. The maximum absolute atomic E-state index is 12.8. The molecule has 0 aromatic carbocycles. The number of nitrogens with zero attached hydrogens (tertiary/aromatic N) is 3. The van der Waals surface area contributed by atoms with Crippen molar-refractivity contribution in [3.05, 3.63) is 46.8 Å². The Balaban J connectivity index is 1.80. The standard InChI is InChI=1S/C22H26N4OS/c1-3-19(21(27)26-20-12-8-9-15(2)24-20)28-22-17(14-23)13-16-10-6-4-5-7-11-18(16)25-22/h8-9,12-13,19H,3-7,10-11H2,1-2H3,(H,24,26,27). The van der Waals surface area contributed by atoms with Crippen LogP contribution >= 0.6 is 11.8 Å². The molecule has 2 aromatic heterocycles. The lowest BCUT2D eigenvalue weighted by Gasteiger charge is -2.18. The van der Waals surface area contributed by atoms with E-state index in [1.165, 1.54) is 30.2 Å². The molecule has 2 aromatic rings. The van der Waals surface area contributed by atoms with E-state index in [2.05, 4.69) is 16.4 Å². The lowest BCUT2D eigenvalue weighted by atomic mass is 9.96. The van der Waals surface area contributed by atoms with Crippen LogP contribution in [0.4, 0.5) is 5.82 Å². The summed E-state index contributed by atoms with van der Waals surface area (Å²) in [6, 6.07) is 9.82. The second kappa shape index (κ2) is 9.70. The summed E-state index contributed by atoms with van der Waals surface area (Å²) in [6.45, 7) is 3.86. The molecule has 0 radical (unpaired) electrons.